The molecule has 0 aliphatic heterocycles. The van der Waals surface area contributed by atoms with Gasteiger partial charge in [0.2, 0.25) is 0 Å². The Kier molecular flexibility index (Phi) is 3.37. The van der Waals surface area contributed by atoms with Gasteiger partial charge in [-0.3, -0.25) is 9.83 Å². The third-order valence-corrected chi connectivity index (χ3v) is 3.16. The number of halogens is 1. The lowest BCUT2D eigenvalue weighted by atomic mass is 10.5. The molecule has 2 rings (SSSR count). The number of nitrogens with zero attached hydrogens (tertiary/aromatic N) is 3. The zero-order valence-electron chi connectivity index (χ0n) is 8.27. The van der Waals surface area contributed by atoms with E-state index in [0.29, 0.717) is 10.3 Å². The van der Waals surface area contributed by atoms with Gasteiger partial charge in [-0.2, -0.15) is 5.10 Å². The normalized spacial score (nSPS) is 11.1. The number of imidazole rings is 1. The Labute approximate surface area is 106 Å². The standard InChI is InChI=1S/C8H8ClN5S2/c1-10-7(15)13-11-4-5-6(9)12-8-14(5)2-3-16-8/h2-4H,1H3,(H2,10,13,15)/b11-4-. The highest BCUT2D eigenvalue weighted by Crippen LogP contribution is 2.19. The molecule has 0 unspecified atom stereocenters. The van der Waals surface area contributed by atoms with Crippen LogP contribution in [0.2, 0.25) is 5.15 Å². The van der Waals surface area contributed by atoms with Crippen LogP contribution in [0, 0.1) is 0 Å². The molecule has 2 heterocycles. The molecule has 0 fully saturated rings. The van der Waals surface area contributed by atoms with Gasteiger partial charge in [0.1, 0.15) is 5.69 Å². The molecule has 2 aromatic rings. The van der Waals surface area contributed by atoms with Crippen molar-refractivity contribution in [2.24, 2.45) is 5.10 Å². The van der Waals surface area contributed by atoms with Crippen LogP contribution in [0.15, 0.2) is 16.7 Å². The topological polar surface area (TPSA) is 53.7 Å². The van der Waals surface area contributed by atoms with Gasteiger partial charge in [-0.25, -0.2) is 4.98 Å². The number of thiocarbonyl (C=S) groups is 1. The number of hydrogen-bond acceptors (Lipinski definition) is 4. The summed E-state index contributed by atoms with van der Waals surface area (Å²) in [4.78, 5) is 5.01. The van der Waals surface area contributed by atoms with Crippen molar-refractivity contribution in [1.82, 2.24) is 20.1 Å². The van der Waals surface area contributed by atoms with Gasteiger partial charge in [0.05, 0.1) is 6.21 Å². The van der Waals surface area contributed by atoms with Gasteiger partial charge in [0.15, 0.2) is 15.2 Å². The number of nitrogens with one attached hydrogen (secondary N) is 2. The van der Waals surface area contributed by atoms with Crippen LogP contribution in [0.25, 0.3) is 4.96 Å². The molecule has 16 heavy (non-hydrogen) atoms. The summed E-state index contributed by atoms with van der Waals surface area (Å²) in [5.74, 6) is 0. The molecular weight excluding hydrogens is 266 g/mol. The summed E-state index contributed by atoms with van der Waals surface area (Å²) in [5, 5.41) is 9.50. The number of fused-ring (bicyclic) bond motifs is 1. The quantitative estimate of drug-likeness (QED) is 0.494. The van der Waals surface area contributed by atoms with Crippen molar-refractivity contribution in [2.45, 2.75) is 0 Å². The molecule has 0 amide bonds. The fourth-order valence-electron chi connectivity index (χ4n) is 1.10. The van der Waals surface area contributed by atoms with Crippen molar-refractivity contribution in [3.63, 3.8) is 0 Å². The molecule has 0 spiro atoms. The fourth-order valence-corrected chi connectivity index (χ4v) is 2.14. The molecule has 0 aliphatic carbocycles. The van der Waals surface area contributed by atoms with Crippen molar-refractivity contribution in [2.75, 3.05) is 7.05 Å². The minimum absolute atomic E-state index is 0.424. The first-order valence-electron chi connectivity index (χ1n) is 4.34. The molecule has 84 valence electrons. The van der Waals surface area contributed by atoms with Crippen LogP contribution < -0.4 is 10.7 Å². The van der Waals surface area contributed by atoms with Crippen molar-refractivity contribution in [1.29, 1.82) is 0 Å². The summed E-state index contributed by atoms with van der Waals surface area (Å²) in [6.45, 7) is 0. The second-order valence-electron chi connectivity index (χ2n) is 2.79. The van der Waals surface area contributed by atoms with Crippen LogP contribution in [0.1, 0.15) is 5.69 Å². The zero-order chi connectivity index (χ0) is 11.5. The highest BCUT2D eigenvalue weighted by molar-refractivity contribution is 7.80. The number of hydrogen-bond donors (Lipinski definition) is 2. The van der Waals surface area contributed by atoms with E-state index in [1.54, 1.807) is 13.3 Å². The van der Waals surface area contributed by atoms with E-state index in [4.69, 9.17) is 23.8 Å². The van der Waals surface area contributed by atoms with E-state index in [-0.39, 0.29) is 0 Å². The first-order chi connectivity index (χ1) is 7.72. The molecule has 0 aliphatic rings. The van der Waals surface area contributed by atoms with Crippen LogP contribution in [-0.4, -0.2) is 27.8 Å². The molecule has 2 N–H and O–H groups in total. The second kappa shape index (κ2) is 4.77. The maximum Gasteiger partial charge on any atom is 0.195 e. The Morgan fingerprint density at radius 3 is 3.31 bits per heavy atom. The predicted molar refractivity (Wildman–Crippen MR) is 70.5 cm³/mol. The molecule has 2 aromatic heterocycles. The van der Waals surface area contributed by atoms with Gasteiger partial charge in [-0.15, -0.1) is 11.3 Å². The minimum Gasteiger partial charge on any atom is -0.364 e. The monoisotopic (exact) mass is 273 g/mol. The Morgan fingerprint density at radius 1 is 1.75 bits per heavy atom. The average Bonchev–Trinajstić information content (AvgIpc) is 2.81. The van der Waals surface area contributed by atoms with E-state index in [1.807, 2.05) is 16.0 Å². The summed E-state index contributed by atoms with van der Waals surface area (Å²) in [7, 11) is 1.72. The van der Waals surface area contributed by atoms with Crippen LogP contribution in [-0.2, 0) is 0 Å². The van der Waals surface area contributed by atoms with E-state index in [9.17, 15) is 0 Å². The summed E-state index contributed by atoms with van der Waals surface area (Å²) in [6.07, 6.45) is 3.47. The lowest BCUT2D eigenvalue weighted by Crippen LogP contribution is -2.28. The molecule has 0 bridgehead atoms. The summed E-state index contributed by atoms with van der Waals surface area (Å²) >= 11 is 12.4. The number of aromatic nitrogens is 2. The highest BCUT2D eigenvalue weighted by atomic mass is 35.5. The van der Waals surface area contributed by atoms with Crippen LogP contribution >= 0.6 is 35.2 Å². The van der Waals surface area contributed by atoms with Crippen LogP contribution in [0.4, 0.5) is 0 Å². The molecule has 0 radical (unpaired) electrons. The van der Waals surface area contributed by atoms with Crippen molar-refractivity contribution in [3.8, 4) is 0 Å². The van der Waals surface area contributed by atoms with Crippen LogP contribution in [0.3, 0.4) is 0 Å². The Morgan fingerprint density at radius 2 is 2.56 bits per heavy atom. The molecule has 5 nitrogen and oxygen atoms in total. The molecule has 0 aromatic carbocycles. The van der Waals surface area contributed by atoms with Crippen molar-refractivity contribution in [3.05, 3.63) is 22.4 Å². The first kappa shape index (κ1) is 11.3. The van der Waals surface area contributed by atoms with E-state index >= 15 is 0 Å². The molecule has 0 atom stereocenters. The van der Waals surface area contributed by atoms with Gasteiger partial charge < -0.3 is 5.32 Å². The molecule has 0 saturated carbocycles. The van der Waals surface area contributed by atoms with Gasteiger partial charge in [-0.1, -0.05) is 11.6 Å². The Hall–Kier alpha value is -1.18. The summed E-state index contributed by atoms with van der Waals surface area (Å²) < 4.78 is 1.86. The predicted octanol–water partition coefficient (Wildman–Crippen LogP) is 1.48. The maximum atomic E-state index is 5.97. The molecular formula is C8H8ClN5S2. The SMILES string of the molecule is CNC(=S)N/N=C\c1c(Cl)nc2sccn12. The van der Waals surface area contributed by atoms with E-state index < -0.39 is 0 Å². The number of rotatable bonds is 2. The summed E-state index contributed by atoms with van der Waals surface area (Å²) in [6, 6.07) is 0. The minimum atomic E-state index is 0.424. The van der Waals surface area contributed by atoms with Gasteiger partial charge in [-0.05, 0) is 12.2 Å². The largest absolute Gasteiger partial charge is 0.364 e. The number of hydrazone groups is 1. The third kappa shape index (κ3) is 2.16. The van der Waals surface area contributed by atoms with Gasteiger partial charge >= 0.3 is 0 Å². The third-order valence-electron chi connectivity index (χ3n) is 1.83. The lowest BCUT2D eigenvalue weighted by Gasteiger charge is -1.99. The Balaban J connectivity index is 2.22. The van der Waals surface area contributed by atoms with E-state index in [0.717, 1.165) is 10.7 Å². The molecule has 8 heteroatoms. The number of thiazole rings is 1. The summed E-state index contributed by atoms with van der Waals surface area (Å²) in [5.41, 5.74) is 3.37. The highest BCUT2D eigenvalue weighted by Gasteiger charge is 2.08. The molecule has 0 saturated heterocycles. The fraction of sp³-hybridized carbons (Fsp3) is 0.125. The van der Waals surface area contributed by atoms with E-state index in [2.05, 4.69) is 20.8 Å². The van der Waals surface area contributed by atoms with E-state index in [1.165, 1.54) is 11.3 Å². The average molecular weight is 274 g/mol. The van der Waals surface area contributed by atoms with Crippen molar-refractivity contribution < 1.29 is 0 Å². The van der Waals surface area contributed by atoms with Crippen molar-refractivity contribution >= 4 is 51.4 Å². The first-order valence-corrected chi connectivity index (χ1v) is 6.01. The lowest BCUT2D eigenvalue weighted by molar-refractivity contribution is 0.979. The van der Waals surface area contributed by atoms with Gasteiger partial charge in [0.25, 0.3) is 0 Å². The maximum absolute atomic E-state index is 5.97. The smallest absolute Gasteiger partial charge is 0.195 e. The second-order valence-corrected chi connectivity index (χ2v) is 4.43. The zero-order valence-corrected chi connectivity index (χ0v) is 10.7. The van der Waals surface area contributed by atoms with Crippen LogP contribution in [0.5, 0.6) is 0 Å². The Bertz CT molecular complexity index is 544. The van der Waals surface area contributed by atoms with Gasteiger partial charge in [0, 0.05) is 18.6 Å².